The normalized spacial score (nSPS) is 13.0. The standard InChI is InChI=1S/C23H29N5O14S4/c1-3-27(2)10-12-44(33,34)17-8-9-18(19(14-17)43-42-41-32)24-25-20-21(23(30)31)26-28(22(20)29)15-4-6-16(7-5-15)45(35,36)13-11-40-46(37,38)39/h4-9,14,23,29-32H,3,10-13H2,1-2H3,(H,37,38,39). The van der Waals surface area contributed by atoms with Gasteiger partial charge in [0.05, 0.1) is 50.5 Å². The number of rotatable bonds is 17. The van der Waals surface area contributed by atoms with E-state index in [-0.39, 0.29) is 38.4 Å². The van der Waals surface area contributed by atoms with Gasteiger partial charge < -0.3 is 20.2 Å². The van der Waals surface area contributed by atoms with Crippen molar-refractivity contribution in [3.8, 4) is 11.6 Å². The van der Waals surface area contributed by atoms with Crippen LogP contribution in [0.3, 0.4) is 0 Å². The Morgan fingerprint density at radius 1 is 0.978 bits per heavy atom. The molecule has 3 aromatic rings. The number of nitrogens with zero attached hydrogens (tertiary/aromatic N) is 5. The molecular weight excluding hydrogens is 699 g/mol. The topological polar surface area (TPSA) is 277 Å². The molecule has 5 N–H and O–H groups in total. The molecule has 0 bridgehead atoms. The van der Waals surface area contributed by atoms with Crippen LogP contribution in [0.1, 0.15) is 18.9 Å². The van der Waals surface area contributed by atoms with Crippen LogP contribution in [-0.2, 0) is 43.6 Å². The molecule has 0 atom stereocenters. The molecule has 0 saturated carbocycles. The molecule has 0 fully saturated rings. The molecule has 0 aliphatic carbocycles. The minimum Gasteiger partial charge on any atom is -0.492 e. The molecule has 0 aliphatic heterocycles. The minimum atomic E-state index is -4.84. The van der Waals surface area contributed by atoms with Gasteiger partial charge in [0, 0.05) is 6.54 Å². The van der Waals surface area contributed by atoms with E-state index in [1.807, 2.05) is 6.92 Å². The number of aromatic nitrogens is 2. The molecule has 46 heavy (non-hydrogen) atoms. The fourth-order valence-corrected chi connectivity index (χ4v) is 6.97. The van der Waals surface area contributed by atoms with Crippen LogP contribution >= 0.6 is 12.0 Å². The summed E-state index contributed by atoms with van der Waals surface area (Å²) in [5, 5.41) is 54.5. The third-order valence-electron chi connectivity index (χ3n) is 6.12. The smallest absolute Gasteiger partial charge is 0.397 e. The molecule has 23 heteroatoms. The molecule has 0 saturated heterocycles. The lowest BCUT2D eigenvalue weighted by Gasteiger charge is -2.14. The average molecular weight is 728 g/mol. The summed E-state index contributed by atoms with van der Waals surface area (Å²) < 4.78 is 89.8. The molecule has 254 valence electrons. The van der Waals surface area contributed by atoms with Crippen molar-refractivity contribution in [1.29, 1.82) is 0 Å². The Hall–Kier alpha value is -3.07. The van der Waals surface area contributed by atoms with E-state index >= 15 is 0 Å². The van der Waals surface area contributed by atoms with Crippen LogP contribution in [0.25, 0.3) is 5.69 Å². The molecule has 2 aromatic carbocycles. The number of hydrogen-bond acceptors (Lipinski definition) is 18. The number of hydrogen-bond donors (Lipinski definition) is 5. The Morgan fingerprint density at radius 2 is 1.61 bits per heavy atom. The number of sulfone groups is 2. The Morgan fingerprint density at radius 3 is 2.20 bits per heavy atom. The molecule has 1 heterocycles. The maximum Gasteiger partial charge on any atom is 0.397 e. The van der Waals surface area contributed by atoms with Crippen LogP contribution in [0.2, 0.25) is 0 Å². The van der Waals surface area contributed by atoms with Crippen LogP contribution in [0, 0.1) is 0 Å². The number of benzene rings is 2. The van der Waals surface area contributed by atoms with Crippen LogP contribution in [0.5, 0.6) is 5.88 Å². The SMILES string of the molecule is CCN(C)CCS(=O)(=O)c1ccc(N=Nc2c(C(O)O)nn(-c3ccc(S(=O)(=O)CCOS(=O)(=O)O)cc3)c2O)c(SOOO)c1. The van der Waals surface area contributed by atoms with Crippen molar-refractivity contribution in [1.82, 2.24) is 14.7 Å². The lowest BCUT2D eigenvalue weighted by Crippen LogP contribution is -2.25. The Bertz CT molecular complexity index is 1860. The van der Waals surface area contributed by atoms with Gasteiger partial charge in [-0.05, 0) is 56.1 Å². The van der Waals surface area contributed by atoms with E-state index in [0.29, 0.717) is 18.6 Å². The van der Waals surface area contributed by atoms with E-state index in [2.05, 4.69) is 28.9 Å². The van der Waals surface area contributed by atoms with Crippen LogP contribution in [-0.4, -0.2) is 103 Å². The van der Waals surface area contributed by atoms with Crippen LogP contribution in [0.4, 0.5) is 11.4 Å². The summed E-state index contributed by atoms with van der Waals surface area (Å²) in [4.78, 5) is 1.44. The largest absolute Gasteiger partial charge is 0.492 e. The van der Waals surface area contributed by atoms with Gasteiger partial charge in [-0.3, -0.25) is 4.55 Å². The van der Waals surface area contributed by atoms with E-state index < -0.39 is 66.0 Å². The zero-order valence-electron chi connectivity index (χ0n) is 23.9. The van der Waals surface area contributed by atoms with Gasteiger partial charge in [0.2, 0.25) is 5.88 Å². The summed E-state index contributed by atoms with van der Waals surface area (Å²) >= 11 is 0.385. The van der Waals surface area contributed by atoms with Gasteiger partial charge >= 0.3 is 10.4 Å². The molecule has 0 amide bonds. The third-order valence-corrected chi connectivity index (χ3v) is 10.6. The highest BCUT2D eigenvalue weighted by Gasteiger charge is 2.25. The van der Waals surface area contributed by atoms with E-state index in [1.165, 1.54) is 30.3 Å². The fourth-order valence-electron chi connectivity index (χ4n) is 3.57. The Balaban J connectivity index is 1.94. The zero-order valence-corrected chi connectivity index (χ0v) is 27.2. The second-order valence-electron chi connectivity index (χ2n) is 9.18. The maximum atomic E-state index is 12.8. The van der Waals surface area contributed by atoms with Crippen molar-refractivity contribution in [3.63, 3.8) is 0 Å². The lowest BCUT2D eigenvalue weighted by molar-refractivity contribution is -0.432. The first-order valence-corrected chi connectivity index (χ1v) is 18.1. The molecule has 19 nitrogen and oxygen atoms in total. The van der Waals surface area contributed by atoms with E-state index in [0.717, 1.165) is 16.8 Å². The van der Waals surface area contributed by atoms with Crippen LogP contribution < -0.4 is 0 Å². The lowest BCUT2D eigenvalue weighted by atomic mass is 10.3. The molecular formula is C23H29N5O14S4. The van der Waals surface area contributed by atoms with Crippen molar-refractivity contribution < 1.29 is 63.9 Å². The highest BCUT2D eigenvalue weighted by molar-refractivity contribution is 7.95. The van der Waals surface area contributed by atoms with E-state index in [1.54, 1.807) is 11.9 Å². The first-order valence-electron chi connectivity index (χ1n) is 12.7. The third kappa shape index (κ3) is 9.96. The summed E-state index contributed by atoms with van der Waals surface area (Å²) in [5.74, 6) is -1.74. The highest BCUT2D eigenvalue weighted by atomic mass is 32.3. The molecule has 0 unspecified atom stereocenters. The van der Waals surface area contributed by atoms with Gasteiger partial charge in [0.25, 0.3) is 0 Å². The van der Waals surface area contributed by atoms with Crippen LogP contribution in [0.15, 0.2) is 67.4 Å². The summed E-state index contributed by atoms with van der Waals surface area (Å²) in [6, 6.07) is 8.26. The van der Waals surface area contributed by atoms with Crippen molar-refractivity contribution in [3.05, 3.63) is 48.2 Å². The zero-order chi connectivity index (χ0) is 34.3. The van der Waals surface area contributed by atoms with Gasteiger partial charge in [-0.15, -0.1) is 14.6 Å². The predicted molar refractivity (Wildman–Crippen MR) is 158 cm³/mol. The second kappa shape index (κ2) is 15.7. The van der Waals surface area contributed by atoms with Gasteiger partial charge in [-0.25, -0.2) is 26.3 Å². The molecule has 3 rings (SSSR count). The predicted octanol–water partition coefficient (Wildman–Crippen LogP) is 1.72. The molecule has 0 aliphatic rings. The number of aliphatic hydroxyl groups excluding tert-OH is 1. The van der Waals surface area contributed by atoms with Gasteiger partial charge in [-0.1, -0.05) is 12.0 Å². The Kier molecular flexibility index (Phi) is 12.7. The van der Waals surface area contributed by atoms with Crippen molar-refractivity contribution in [2.45, 2.75) is 27.9 Å². The molecule has 0 spiro atoms. The molecule has 1 aromatic heterocycles. The number of aliphatic hydroxyl groups is 2. The van der Waals surface area contributed by atoms with Gasteiger partial charge in [0.15, 0.2) is 31.7 Å². The molecule has 0 radical (unpaired) electrons. The summed E-state index contributed by atoms with van der Waals surface area (Å²) in [7, 11) is -10.9. The quantitative estimate of drug-likeness (QED) is 0.0330. The number of azo groups is 1. The van der Waals surface area contributed by atoms with Crippen molar-refractivity contribution >= 4 is 53.5 Å². The minimum absolute atomic E-state index is 0.000476. The average Bonchev–Trinajstić information content (AvgIpc) is 3.33. The Labute approximate surface area is 267 Å². The summed E-state index contributed by atoms with van der Waals surface area (Å²) in [6.45, 7) is 1.93. The van der Waals surface area contributed by atoms with Gasteiger partial charge in [0.1, 0.15) is 11.4 Å². The second-order valence-corrected chi connectivity index (χ2v) is 15.2. The summed E-state index contributed by atoms with van der Waals surface area (Å²) in [6.07, 6.45) is -2.27. The van der Waals surface area contributed by atoms with Crippen molar-refractivity contribution in [2.24, 2.45) is 10.2 Å². The highest BCUT2D eigenvalue weighted by Crippen LogP contribution is 2.39. The van der Waals surface area contributed by atoms with E-state index in [4.69, 9.17) is 9.81 Å². The fraction of sp³-hybridized carbons (Fsp3) is 0.348. The monoisotopic (exact) mass is 727 g/mol. The number of aromatic hydroxyl groups is 1. The maximum absolute atomic E-state index is 12.8. The van der Waals surface area contributed by atoms with E-state index in [9.17, 15) is 40.6 Å². The summed E-state index contributed by atoms with van der Waals surface area (Å²) in [5.41, 5.74) is -1.11. The van der Waals surface area contributed by atoms with Gasteiger partial charge in [-0.2, -0.15) is 18.2 Å². The van der Waals surface area contributed by atoms with Crippen molar-refractivity contribution in [2.75, 3.05) is 38.2 Å². The first-order chi connectivity index (χ1) is 21.5. The first kappa shape index (κ1) is 37.4.